The quantitative estimate of drug-likeness (QED) is 0.260. The third kappa shape index (κ3) is 9.62. The molecule has 0 fully saturated rings. The number of alkyl halides is 3. The van der Waals surface area contributed by atoms with Crippen molar-refractivity contribution in [1.29, 1.82) is 0 Å². The van der Waals surface area contributed by atoms with Crippen molar-refractivity contribution < 1.29 is 17.9 Å². The van der Waals surface area contributed by atoms with Gasteiger partial charge in [-0.15, -0.1) is 35.3 Å². The van der Waals surface area contributed by atoms with Crippen molar-refractivity contribution in [2.45, 2.75) is 26.4 Å². The van der Waals surface area contributed by atoms with Crippen molar-refractivity contribution in [3.63, 3.8) is 0 Å². The van der Waals surface area contributed by atoms with E-state index in [9.17, 15) is 13.2 Å². The molecule has 10 heteroatoms. The number of ether oxygens (including phenoxy) is 1. The van der Waals surface area contributed by atoms with Crippen LogP contribution in [-0.4, -0.2) is 44.3 Å². The summed E-state index contributed by atoms with van der Waals surface area (Å²) in [5.74, 6) is 1.08. The van der Waals surface area contributed by atoms with Gasteiger partial charge in [-0.25, -0.2) is 4.98 Å². The summed E-state index contributed by atoms with van der Waals surface area (Å²) in [6.07, 6.45) is -3.97. The van der Waals surface area contributed by atoms with Gasteiger partial charge in [0.25, 0.3) is 0 Å². The Morgan fingerprint density at radius 2 is 2.00 bits per heavy atom. The second-order valence-corrected chi connectivity index (χ2v) is 6.21. The second kappa shape index (κ2) is 11.9. The molecule has 0 atom stereocenters. The van der Waals surface area contributed by atoms with Crippen molar-refractivity contribution >= 4 is 41.3 Å². The first kappa shape index (κ1) is 23.4. The van der Waals surface area contributed by atoms with Crippen LogP contribution >= 0.6 is 35.3 Å². The van der Waals surface area contributed by atoms with E-state index in [1.807, 2.05) is 0 Å². The Kier molecular flexibility index (Phi) is 11.5. The monoisotopic (exact) mass is 480 g/mol. The highest BCUT2D eigenvalue weighted by molar-refractivity contribution is 14.0. The molecule has 0 aliphatic heterocycles. The van der Waals surface area contributed by atoms with Crippen molar-refractivity contribution in [2.24, 2.45) is 10.9 Å². The van der Waals surface area contributed by atoms with E-state index in [0.29, 0.717) is 49.6 Å². The molecule has 0 saturated carbocycles. The van der Waals surface area contributed by atoms with Crippen LogP contribution in [0.5, 0.6) is 0 Å². The maximum absolute atomic E-state index is 12.4. The van der Waals surface area contributed by atoms with Gasteiger partial charge >= 0.3 is 6.18 Å². The summed E-state index contributed by atoms with van der Waals surface area (Å²) in [5, 5.41) is 7.59. The first-order valence-corrected chi connectivity index (χ1v) is 8.24. The molecule has 1 heterocycles. The van der Waals surface area contributed by atoms with E-state index in [1.54, 1.807) is 7.05 Å². The highest BCUT2D eigenvalue weighted by Gasteiger charge is 2.33. The molecule has 2 N–H and O–H groups in total. The molecule has 0 bridgehead atoms. The van der Waals surface area contributed by atoms with Gasteiger partial charge < -0.3 is 15.4 Å². The van der Waals surface area contributed by atoms with Gasteiger partial charge in [0.05, 0.1) is 11.6 Å². The molecule has 5 nitrogen and oxygen atoms in total. The smallest absolute Gasteiger partial charge is 0.379 e. The molecule has 0 aromatic carbocycles. The van der Waals surface area contributed by atoms with Crippen LogP contribution in [-0.2, 0) is 17.3 Å². The Morgan fingerprint density at radius 3 is 2.54 bits per heavy atom. The van der Waals surface area contributed by atoms with Crippen LogP contribution < -0.4 is 10.6 Å². The summed E-state index contributed by atoms with van der Waals surface area (Å²) in [7, 11) is 1.63. The lowest BCUT2D eigenvalue weighted by Crippen LogP contribution is -2.39. The van der Waals surface area contributed by atoms with Crippen molar-refractivity contribution in [3.8, 4) is 0 Å². The third-order valence-corrected chi connectivity index (χ3v) is 3.60. The first-order chi connectivity index (χ1) is 10.8. The van der Waals surface area contributed by atoms with Crippen LogP contribution in [0.2, 0.25) is 0 Å². The van der Waals surface area contributed by atoms with E-state index in [0.717, 1.165) is 16.7 Å². The van der Waals surface area contributed by atoms with E-state index in [1.165, 1.54) is 0 Å². The molecule has 0 spiro atoms. The Bertz CT molecular complexity index is 495. The molecule has 24 heavy (non-hydrogen) atoms. The number of aliphatic imine (C=N–C) groups is 1. The van der Waals surface area contributed by atoms with E-state index in [-0.39, 0.29) is 24.0 Å². The highest BCUT2D eigenvalue weighted by atomic mass is 127. The summed E-state index contributed by atoms with van der Waals surface area (Å²) < 4.78 is 42.8. The van der Waals surface area contributed by atoms with Crippen LogP contribution in [0, 0.1) is 5.92 Å². The molecule has 140 valence electrons. The van der Waals surface area contributed by atoms with E-state index in [2.05, 4.69) is 34.5 Å². The average molecular weight is 480 g/mol. The largest absolute Gasteiger partial charge is 0.434 e. The molecule has 1 rings (SSSR count). The van der Waals surface area contributed by atoms with Gasteiger partial charge in [0.2, 0.25) is 0 Å². The maximum atomic E-state index is 12.4. The molecule has 1 aromatic rings. The maximum Gasteiger partial charge on any atom is 0.434 e. The average Bonchev–Trinajstić information content (AvgIpc) is 2.93. The Morgan fingerprint density at radius 1 is 1.33 bits per heavy atom. The molecule has 0 amide bonds. The number of aromatic nitrogens is 1. The number of hydrogen-bond donors (Lipinski definition) is 2. The molecular formula is C14H24F3IN4OS. The summed E-state index contributed by atoms with van der Waals surface area (Å²) in [6.45, 7) is 6.51. The topological polar surface area (TPSA) is 58.5 Å². The first-order valence-electron chi connectivity index (χ1n) is 7.36. The predicted octanol–water partition coefficient (Wildman–Crippen LogP) is 3.16. The van der Waals surface area contributed by atoms with Gasteiger partial charge in [0, 0.05) is 38.5 Å². The minimum Gasteiger partial charge on any atom is -0.379 e. The fraction of sp³-hybridized carbons (Fsp3) is 0.714. The molecule has 0 radical (unpaired) electrons. The summed E-state index contributed by atoms with van der Waals surface area (Å²) in [4.78, 5) is 7.62. The van der Waals surface area contributed by atoms with E-state index < -0.39 is 11.9 Å². The van der Waals surface area contributed by atoms with Crippen LogP contribution in [0.1, 0.15) is 24.5 Å². The van der Waals surface area contributed by atoms with E-state index in [4.69, 9.17) is 4.74 Å². The number of thiazole rings is 1. The molecule has 0 unspecified atom stereocenters. The Balaban J connectivity index is 0.00000529. The predicted molar refractivity (Wildman–Crippen MR) is 101 cm³/mol. The van der Waals surface area contributed by atoms with E-state index >= 15 is 0 Å². The normalized spacial score (nSPS) is 12.2. The third-order valence-electron chi connectivity index (χ3n) is 2.69. The zero-order valence-corrected chi connectivity index (χ0v) is 17.1. The van der Waals surface area contributed by atoms with Crippen LogP contribution in [0.15, 0.2) is 10.4 Å². The standard InChI is InChI=1S/C14H23F3N4OS.HI/c1-10(2)8-22-7-6-20-13(18-3)19-5-4-12-21-11(9-23-12)14(15,16)17;/h9-10H,4-8H2,1-3H3,(H2,18,19,20);1H. The highest BCUT2D eigenvalue weighted by Crippen LogP contribution is 2.29. The molecule has 1 aromatic heterocycles. The lowest BCUT2D eigenvalue weighted by Gasteiger charge is -2.12. The molecule has 0 saturated heterocycles. The minimum absolute atomic E-state index is 0. The number of nitrogens with one attached hydrogen (secondary N) is 2. The molecule has 0 aliphatic carbocycles. The number of halogens is 4. The van der Waals surface area contributed by atoms with Gasteiger partial charge in [-0.2, -0.15) is 13.2 Å². The zero-order chi connectivity index (χ0) is 17.3. The number of rotatable bonds is 8. The van der Waals surface area contributed by atoms with Gasteiger partial charge in [-0.3, -0.25) is 4.99 Å². The minimum atomic E-state index is -4.38. The number of nitrogens with zero attached hydrogens (tertiary/aromatic N) is 2. The molecule has 0 aliphatic rings. The lowest BCUT2D eigenvalue weighted by molar-refractivity contribution is -0.140. The van der Waals surface area contributed by atoms with Crippen molar-refractivity contribution in [2.75, 3.05) is 33.4 Å². The number of guanidine groups is 1. The summed E-state index contributed by atoms with van der Waals surface area (Å²) in [5.41, 5.74) is -0.831. The fourth-order valence-corrected chi connectivity index (χ4v) is 2.43. The van der Waals surface area contributed by atoms with Gasteiger partial charge in [-0.05, 0) is 5.92 Å². The van der Waals surface area contributed by atoms with Crippen LogP contribution in [0.3, 0.4) is 0 Å². The fourth-order valence-electron chi connectivity index (χ4n) is 1.62. The SMILES string of the molecule is CN=C(NCCOCC(C)C)NCCc1nc(C(F)(F)F)cs1.I. The van der Waals surface area contributed by atoms with Crippen molar-refractivity contribution in [3.05, 3.63) is 16.1 Å². The van der Waals surface area contributed by atoms with Gasteiger partial charge in [-0.1, -0.05) is 13.8 Å². The number of hydrogen-bond acceptors (Lipinski definition) is 4. The summed E-state index contributed by atoms with van der Waals surface area (Å²) in [6, 6.07) is 0. The van der Waals surface area contributed by atoms with Crippen LogP contribution in [0.25, 0.3) is 0 Å². The lowest BCUT2D eigenvalue weighted by atomic mass is 10.2. The zero-order valence-electron chi connectivity index (χ0n) is 13.9. The Hall–Kier alpha value is -0.620. The van der Waals surface area contributed by atoms with Crippen LogP contribution in [0.4, 0.5) is 13.2 Å². The second-order valence-electron chi connectivity index (χ2n) is 5.27. The Labute approximate surface area is 161 Å². The van der Waals surface area contributed by atoms with Gasteiger partial charge in [0.1, 0.15) is 0 Å². The summed E-state index contributed by atoms with van der Waals surface area (Å²) >= 11 is 1.01. The van der Waals surface area contributed by atoms with Gasteiger partial charge in [0.15, 0.2) is 11.7 Å². The van der Waals surface area contributed by atoms with Crippen molar-refractivity contribution in [1.82, 2.24) is 15.6 Å². The molecular weight excluding hydrogens is 456 g/mol.